The van der Waals surface area contributed by atoms with Gasteiger partial charge in [-0.2, -0.15) is 11.8 Å². The first-order valence-electron chi connectivity index (χ1n) is 5.60. The smallest absolute Gasteiger partial charge is 0.319 e. The quantitative estimate of drug-likeness (QED) is 0.691. The highest BCUT2D eigenvalue weighted by molar-refractivity contribution is 7.99. The van der Waals surface area contributed by atoms with Crippen LogP contribution < -0.4 is 5.32 Å². The standard InChI is InChI=1S/C11H11N3O2S2/c15-14(16)11-8(13-7-3-4-17-5-7)1-2-9-10(11)12-6-18-9/h1-2,6-7,13H,3-5H2. The summed E-state index contributed by atoms with van der Waals surface area (Å²) in [5.41, 5.74) is 2.82. The summed E-state index contributed by atoms with van der Waals surface area (Å²) >= 11 is 3.30. The van der Waals surface area contributed by atoms with E-state index in [1.807, 2.05) is 17.8 Å². The third kappa shape index (κ3) is 2.04. The number of aromatic nitrogens is 1. The minimum absolute atomic E-state index is 0.102. The minimum Gasteiger partial charge on any atom is -0.376 e. The van der Waals surface area contributed by atoms with Gasteiger partial charge >= 0.3 is 5.69 Å². The number of nitro benzene ring substituents is 1. The van der Waals surface area contributed by atoms with Gasteiger partial charge < -0.3 is 5.32 Å². The number of rotatable bonds is 3. The SMILES string of the molecule is O=[N+]([O-])c1c(NC2CCSC2)ccc2scnc12. The molecule has 94 valence electrons. The molecule has 0 amide bonds. The number of nitrogens with zero attached hydrogens (tertiary/aromatic N) is 2. The van der Waals surface area contributed by atoms with Crippen LogP contribution in [0.5, 0.6) is 0 Å². The molecule has 1 saturated heterocycles. The number of nitro groups is 1. The van der Waals surface area contributed by atoms with Gasteiger partial charge in [0.15, 0.2) is 5.52 Å². The van der Waals surface area contributed by atoms with Crippen LogP contribution in [0.1, 0.15) is 6.42 Å². The molecule has 0 saturated carbocycles. The van der Waals surface area contributed by atoms with Crippen molar-refractivity contribution in [2.24, 2.45) is 0 Å². The Morgan fingerprint density at radius 1 is 1.50 bits per heavy atom. The van der Waals surface area contributed by atoms with Gasteiger partial charge in [0, 0.05) is 11.8 Å². The number of hydrogen-bond acceptors (Lipinski definition) is 6. The van der Waals surface area contributed by atoms with Crippen molar-refractivity contribution in [1.29, 1.82) is 0 Å². The number of thioether (sulfide) groups is 1. The molecule has 2 heterocycles. The molecule has 1 aliphatic rings. The molecule has 1 aromatic heterocycles. The lowest BCUT2D eigenvalue weighted by Gasteiger charge is -2.12. The first-order chi connectivity index (χ1) is 8.75. The first kappa shape index (κ1) is 11.7. The zero-order chi connectivity index (χ0) is 12.5. The van der Waals surface area contributed by atoms with E-state index in [-0.39, 0.29) is 10.6 Å². The summed E-state index contributed by atoms with van der Waals surface area (Å²) in [6.07, 6.45) is 1.05. The van der Waals surface area contributed by atoms with E-state index in [0.717, 1.165) is 22.6 Å². The normalized spacial score (nSPS) is 19.2. The van der Waals surface area contributed by atoms with Crippen LogP contribution in [0.3, 0.4) is 0 Å². The Kier molecular flexibility index (Phi) is 3.09. The molecule has 1 N–H and O–H groups in total. The molecular formula is C11H11N3O2S2. The van der Waals surface area contributed by atoms with Gasteiger partial charge in [0.1, 0.15) is 5.69 Å². The van der Waals surface area contributed by atoms with Gasteiger partial charge in [-0.25, -0.2) is 4.98 Å². The van der Waals surface area contributed by atoms with E-state index in [2.05, 4.69) is 10.3 Å². The molecule has 18 heavy (non-hydrogen) atoms. The largest absolute Gasteiger partial charge is 0.376 e. The van der Waals surface area contributed by atoms with Crippen LogP contribution in [0, 0.1) is 10.1 Å². The molecule has 1 atom stereocenters. The number of fused-ring (bicyclic) bond motifs is 1. The highest BCUT2D eigenvalue weighted by atomic mass is 32.2. The Morgan fingerprint density at radius 3 is 3.11 bits per heavy atom. The summed E-state index contributed by atoms with van der Waals surface area (Å²) in [5, 5.41) is 14.5. The fraction of sp³-hybridized carbons (Fsp3) is 0.364. The fourth-order valence-corrected chi connectivity index (χ4v) is 3.92. The third-order valence-corrected chi connectivity index (χ3v) is 4.90. The monoisotopic (exact) mass is 281 g/mol. The van der Waals surface area contributed by atoms with Crippen LogP contribution >= 0.6 is 23.1 Å². The topological polar surface area (TPSA) is 68.1 Å². The van der Waals surface area contributed by atoms with E-state index >= 15 is 0 Å². The van der Waals surface area contributed by atoms with E-state index in [1.54, 1.807) is 11.6 Å². The molecule has 0 aliphatic carbocycles. The van der Waals surface area contributed by atoms with E-state index in [9.17, 15) is 10.1 Å². The summed E-state index contributed by atoms with van der Waals surface area (Å²) in [4.78, 5) is 15.0. The van der Waals surface area contributed by atoms with Gasteiger partial charge in [0.05, 0.1) is 15.1 Å². The van der Waals surface area contributed by atoms with Crippen molar-refractivity contribution < 1.29 is 4.92 Å². The Morgan fingerprint density at radius 2 is 2.39 bits per heavy atom. The summed E-state index contributed by atoms with van der Waals surface area (Å²) < 4.78 is 0.855. The number of hydrogen-bond donors (Lipinski definition) is 1. The van der Waals surface area contributed by atoms with E-state index < -0.39 is 0 Å². The first-order valence-corrected chi connectivity index (χ1v) is 7.64. The second-order valence-corrected chi connectivity index (χ2v) is 6.16. The van der Waals surface area contributed by atoms with E-state index in [0.29, 0.717) is 17.2 Å². The molecule has 1 unspecified atom stereocenters. The molecule has 3 rings (SSSR count). The lowest BCUT2D eigenvalue weighted by atomic mass is 10.2. The van der Waals surface area contributed by atoms with Crippen molar-refractivity contribution in [3.05, 3.63) is 27.8 Å². The lowest BCUT2D eigenvalue weighted by Crippen LogP contribution is -2.18. The zero-order valence-electron chi connectivity index (χ0n) is 9.46. The Hall–Kier alpha value is -1.34. The van der Waals surface area contributed by atoms with Crippen LogP contribution in [0.15, 0.2) is 17.6 Å². The van der Waals surface area contributed by atoms with E-state index in [1.165, 1.54) is 11.3 Å². The van der Waals surface area contributed by atoms with E-state index in [4.69, 9.17) is 0 Å². The number of thiazole rings is 1. The van der Waals surface area contributed by atoms with Crippen molar-refractivity contribution in [3.8, 4) is 0 Å². The molecular weight excluding hydrogens is 270 g/mol. The van der Waals surface area contributed by atoms with Crippen LogP contribution in [0.4, 0.5) is 11.4 Å². The maximum atomic E-state index is 11.2. The van der Waals surface area contributed by atoms with Gasteiger partial charge in [-0.1, -0.05) is 0 Å². The van der Waals surface area contributed by atoms with Crippen LogP contribution in [0.25, 0.3) is 10.2 Å². The maximum Gasteiger partial charge on any atom is 0.319 e. The summed E-state index contributed by atoms with van der Waals surface area (Å²) in [7, 11) is 0. The van der Waals surface area contributed by atoms with Gasteiger partial charge in [0.2, 0.25) is 0 Å². The van der Waals surface area contributed by atoms with Crippen molar-refractivity contribution in [3.63, 3.8) is 0 Å². The molecule has 0 radical (unpaired) electrons. The molecule has 2 aromatic rings. The molecule has 1 aliphatic heterocycles. The molecule has 1 aromatic carbocycles. The highest BCUT2D eigenvalue weighted by Crippen LogP contribution is 2.35. The van der Waals surface area contributed by atoms with Crippen molar-refractivity contribution in [2.75, 3.05) is 16.8 Å². The second kappa shape index (κ2) is 4.74. The fourth-order valence-electron chi connectivity index (χ4n) is 2.09. The predicted octanol–water partition coefficient (Wildman–Crippen LogP) is 3.12. The average molecular weight is 281 g/mol. The van der Waals surface area contributed by atoms with Crippen molar-refractivity contribution in [2.45, 2.75) is 12.5 Å². The molecule has 7 heteroatoms. The molecule has 1 fully saturated rings. The average Bonchev–Trinajstić information content (AvgIpc) is 2.98. The maximum absolute atomic E-state index is 11.2. The Balaban J connectivity index is 2.03. The third-order valence-electron chi connectivity index (χ3n) is 2.95. The van der Waals surface area contributed by atoms with Crippen LogP contribution in [-0.2, 0) is 0 Å². The lowest BCUT2D eigenvalue weighted by molar-refractivity contribution is -0.382. The number of anilines is 1. The van der Waals surface area contributed by atoms with Crippen LogP contribution in [0.2, 0.25) is 0 Å². The van der Waals surface area contributed by atoms with Crippen molar-refractivity contribution in [1.82, 2.24) is 4.98 Å². The minimum atomic E-state index is -0.341. The molecule has 0 spiro atoms. The second-order valence-electron chi connectivity index (χ2n) is 4.12. The summed E-state index contributed by atoms with van der Waals surface area (Å²) in [6.45, 7) is 0. The van der Waals surface area contributed by atoms with Gasteiger partial charge in [0.25, 0.3) is 0 Å². The zero-order valence-corrected chi connectivity index (χ0v) is 11.1. The molecule has 5 nitrogen and oxygen atoms in total. The Labute approximate surface area is 112 Å². The van der Waals surface area contributed by atoms with Gasteiger partial charge in [-0.05, 0) is 24.3 Å². The number of nitrogens with one attached hydrogen (secondary N) is 1. The summed E-state index contributed by atoms with van der Waals surface area (Å²) in [6, 6.07) is 4.01. The van der Waals surface area contributed by atoms with Gasteiger partial charge in [-0.15, -0.1) is 11.3 Å². The van der Waals surface area contributed by atoms with Crippen molar-refractivity contribution >= 4 is 44.7 Å². The predicted molar refractivity (Wildman–Crippen MR) is 75.6 cm³/mol. The number of benzene rings is 1. The van der Waals surface area contributed by atoms with Crippen LogP contribution in [-0.4, -0.2) is 27.5 Å². The Bertz CT molecular complexity index is 593. The molecule has 0 bridgehead atoms. The summed E-state index contributed by atoms with van der Waals surface area (Å²) in [5.74, 6) is 2.12. The highest BCUT2D eigenvalue weighted by Gasteiger charge is 2.24. The van der Waals surface area contributed by atoms with Gasteiger partial charge in [-0.3, -0.25) is 10.1 Å².